The third-order valence-electron chi connectivity index (χ3n) is 5.23. The Hall–Kier alpha value is -2.93. The van der Waals surface area contributed by atoms with E-state index in [9.17, 15) is 4.79 Å². The van der Waals surface area contributed by atoms with Crippen LogP contribution in [0, 0.1) is 0 Å². The average Bonchev–Trinajstić information content (AvgIpc) is 3.47. The first kappa shape index (κ1) is 20.3. The van der Waals surface area contributed by atoms with E-state index in [4.69, 9.17) is 9.72 Å². The number of benzene rings is 2. The molecule has 0 radical (unpaired) electrons. The highest BCUT2D eigenvalue weighted by atomic mass is 32.1. The number of carbonyl (C=O) groups excluding carboxylic acids is 1. The fourth-order valence-corrected chi connectivity index (χ4v) is 4.32. The van der Waals surface area contributed by atoms with Crippen LogP contribution in [0.3, 0.4) is 0 Å². The van der Waals surface area contributed by atoms with Gasteiger partial charge in [0.2, 0.25) is 11.0 Å². The van der Waals surface area contributed by atoms with Crippen LogP contribution in [0.15, 0.2) is 54.6 Å². The molecule has 1 amide bonds. The van der Waals surface area contributed by atoms with Gasteiger partial charge in [0, 0.05) is 37.6 Å². The molecule has 0 saturated carbocycles. The summed E-state index contributed by atoms with van der Waals surface area (Å²) in [5, 5.41) is 0.782. The smallest absolute Gasteiger partial charge is 0.242 e. The summed E-state index contributed by atoms with van der Waals surface area (Å²) >= 11 is 1.35. The largest absolute Gasteiger partial charge is 0.497 e. The minimum absolute atomic E-state index is 0.160. The Bertz CT molecular complexity index is 970. The number of nitrogens with zero attached hydrogens (tertiary/aromatic N) is 4. The van der Waals surface area contributed by atoms with Crippen molar-refractivity contribution in [3.05, 3.63) is 71.5 Å². The lowest BCUT2D eigenvalue weighted by Crippen LogP contribution is -2.38. The zero-order valence-corrected chi connectivity index (χ0v) is 18.0. The first-order chi connectivity index (χ1) is 14.7. The van der Waals surface area contributed by atoms with Crippen molar-refractivity contribution >= 4 is 22.6 Å². The minimum atomic E-state index is 0.160. The number of rotatable bonds is 8. The Labute approximate surface area is 181 Å². The van der Waals surface area contributed by atoms with Gasteiger partial charge in [-0.3, -0.25) is 4.79 Å². The molecule has 7 heteroatoms. The van der Waals surface area contributed by atoms with Crippen LogP contribution in [-0.2, 0) is 17.8 Å². The molecule has 1 aromatic heterocycles. The van der Waals surface area contributed by atoms with Crippen molar-refractivity contribution in [2.75, 3.05) is 31.6 Å². The van der Waals surface area contributed by atoms with E-state index in [-0.39, 0.29) is 5.91 Å². The Kier molecular flexibility index (Phi) is 6.59. The summed E-state index contributed by atoms with van der Waals surface area (Å²) < 4.78 is 9.86. The number of hydrogen-bond donors (Lipinski definition) is 0. The SMILES string of the molecule is COc1cccc(Cc2nsc(N(CC(=O)N3CCCC3)Cc3ccccc3)n2)c1. The molecule has 1 aliphatic heterocycles. The molecule has 3 aromatic rings. The van der Waals surface area contributed by atoms with Gasteiger partial charge in [0.15, 0.2) is 0 Å². The molecule has 1 saturated heterocycles. The van der Waals surface area contributed by atoms with Crippen molar-refractivity contribution in [1.29, 1.82) is 0 Å². The zero-order valence-electron chi connectivity index (χ0n) is 17.2. The minimum Gasteiger partial charge on any atom is -0.497 e. The topological polar surface area (TPSA) is 58.6 Å². The summed E-state index contributed by atoms with van der Waals surface area (Å²) in [5.41, 5.74) is 2.25. The molecular weight excluding hydrogens is 396 g/mol. The lowest BCUT2D eigenvalue weighted by Gasteiger charge is -2.24. The second-order valence-electron chi connectivity index (χ2n) is 7.45. The molecule has 156 valence electrons. The van der Waals surface area contributed by atoms with Crippen LogP contribution in [0.25, 0.3) is 0 Å². The number of carbonyl (C=O) groups is 1. The number of amides is 1. The Balaban J connectivity index is 1.51. The molecule has 0 spiro atoms. The second kappa shape index (κ2) is 9.71. The number of likely N-dealkylation sites (tertiary alicyclic amines) is 1. The third kappa shape index (κ3) is 5.16. The molecule has 0 N–H and O–H groups in total. The van der Waals surface area contributed by atoms with E-state index < -0.39 is 0 Å². The molecule has 0 atom stereocenters. The van der Waals surface area contributed by atoms with Crippen LogP contribution >= 0.6 is 11.5 Å². The van der Waals surface area contributed by atoms with Crippen LogP contribution in [0.2, 0.25) is 0 Å². The van der Waals surface area contributed by atoms with E-state index in [0.717, 1.165) is 53.8 Å². The van der Waals surface area contributed by atoms with Gasteiger partial charge < -0.3 is 14.5 Å². The van der Waals surface area contributed by atoms with E-state index in [1.165, 1.54) is 11.5 Å². The van der Waals surface area contributed by atoms with Gasteiger partial charge in [-0.2, -0.15) is 4.37 Å². The maximum absolute atomic E-state index is 12.8. The van der Waals surface area contributed by atoms with E-state index >= 15 is 0 Å². The molecule has 1 fully saturated rings. The van der Waals surface area contributed by atoms with Gasteiger partial charge in [-0.05, 0) is 36.1 Å². The molecule has 6 nitrogen and oxygen atoms in total. The summed E-state index contributed by atoms with van der Waals surface area (Å²) in [7, 11) is 1.66. The van der Waals surface area contributed by atoms with Gasteiger partial charge in [-0.15, -0.1) is 0 Å². The number of hydrogen-bond acceptors (Lipinski definition) is 6. The third-order valence-corrected chi connectivity index (χ3v) is 6.04. The van der Waals surface area contributed by atoms with Crippen LogP contribution in [0.5, 0.6) is 5.75 Å². The molecule has 30 heavy (non-hydrogen) atoms. The maximum atomic E-state index is 12.8. The predicted molar refractivity (Wildman–Crippen MR) is 119 cm³/mol. The van der Waals surface area contributed by atoms with Crippen molar-refractivity contribution in [1.82, 2.24) is 14.3 Å². The number of methoxy groups -OCH3 is 1. The summed E-state index contributed by atoms with van der Waals surface area (Å²) in [6, 6.07) is 18.1. The summed E-state index contributed by atoms with van der Waals surface area (Å²) in [5.74, 6) is 1.74. The van der Waals surface area contributed by atoms with Gasteiger partial charge in [0.25, 0.3) is 0 Å². The quantitative estimate of drug-likeness (QED) is 0.553. The summed E-state index contributed by atoms with van der Waals surface area (Å²) in [6.45, 7) is 2.67. The van der Waals surface area contributed by atoms with Gasteiger partial charge >= 0.3 is 0 Å². The van der Waals surface area contributed by atoms with E-state index in [1.807, 2.05) is 52.3 Å². The highest BCUT2D eigenvalue weighted by molar-refractivity contribution is 7.09. The van der Waals surface area contributed by atoms with Crippen molar-refractivity contribution in [2.24, 2.45) is 0 Å². The summed E-state index contributed by atoms with van der Waals surface area (Å²) in [6.07, 6.45) is 2.81. The van der Waals surface area contributed by atoms with Crippen LogP contribution in [0.4, 0.5) is 5.13 Å². The molecular formula is C23H26N4O2S. The van der Waals surface area contributed by atoms with Crippen molar-refractivity contribution in [2.45, 2.75) is 25.8 Å². The van der Waals surface area contributed by atoms with Crippen LogP contribution in [-0.4, -0.2) is 46.9 Å². The maximum Gasteiger partial charge on any atom is 0.242 e. The molecule has 4 rings (SSSR count). The van der Waals surface area contributed by atoms with E-state index in [2.05, 4.69) is 16.5 Å². The van der Waals surface area contributed by atoms with Crippen molar-refractivity contribution in [3.8, 4) is 5.75 Å². The van der Waals surface area contributed by atoms with E-state index in [0.29, 0.717) is 19.5 Å². The molecule has 0 aliphatic carbocycles. The lowest BCUT2D eigenvalue weighted by molar-refractivity contribution is -0.128. The summed E-state index contributed by atoms with van der Waals surface area (Å²) in [4.78, 5) is 21.6. The van der Waals surface area contributed by atoms with E-state index in [1.54, 1.807) is 7.11 Å². The normalized spacial score (nSPS) is 13.4. The monoisotopic (exact) mass is 422 g/mol. The molecule has 2 aromatic carbocycles. The van der Waals surface area contributed by atoms with Crippen molar-refractivity contribution in [3.63, 3.8) is 0 Å². The number of aromatic nitrogens is 2. The van der Waals surface area contributed by atoms with Crippen LogP contribution in [0.1, 0.15) is 29.8 Å². The molecule has 0 bridgehead atoms. The lowest BCUT2D eigenvalue weighted by atomic mass is 10.1. The van der Waals surface area contributed by atoms with Gasteiger partial charge in [-0.25, -0.2) is 4.98 Å². The Morgan fingerprint density at radius 2 is 1.87 bits per heavy atom. The van der Waals surface area contributed by atoms with Gasteiger partial charge in [0.1, 0.15) is 11.6 Å². The highest BCUT2D eigenvalue weighted by Gasteiger charge is 2.23. The van der Waals surface area contributed by atoms with Crippen molar-refractivity contribution < 1.29 is 9.53 Å². The van der Waals surface area contributed by atoms with Crippen LogP contribution < -0.4 is 9.64 Å². The Morgan fingerprint density at radius 3 is 2.63 bits per heavy atom. The van der Waals surface area contributed by atoms with Gasteiger partial charge in [-0.1, -0.05) is 42.5 Å². The standard InChI is InChI=1S/C23H26N4O2S/c1-29-20-11-7-10-19(14-20)15-21-24-23(30-25-21)27(16-18-8-3-2-4-9-18)17-22(28)26-12-5-6-13-26/h2-4,7-11,14H,5-6,12-13,15-17H2,1H3. The zero-order chi connectivity index (χ0) is 20.8. The Morgan fingerprint density at radius 1 is 1.10 bits per heavy atom. The molecule has 1 aliphatic rings. The first-order valence-corrected chi connectivity index (χ1v) is 11.0. The fourth-order valence-electron chi connectivity index (χ4n) is 3.63. The number of ether oxygens (including phenoxy) is 1. The molecule has 2 heterocycles. The average molecular weight is 423 g/mol. The van der Waals surface area contributed by atoms with Gasteiger partial charge in [0.05, 0.1) is 13.7 Å². The highest BCUT2D eigenvalue weighted by Crippen LogP contribution is 2.23. The second-order valence-corrected chi connectivity index (χ2v) is 8.18. The first-order valence-electron chi connectivity index (χ1n) is 10.2. The fraction of sp³-hybridized carbons (Fsp3) is 0.348. The number of anilines is 1. The molecule has 0 unspecified atom stereocenters. The predicted octanol–water partition coefficient (Wildman–Crippen LogP) is 3.77.